The van der Waals surface area contributed by atoms with Crippen molar-refractivity contribution < 1.29 is 9.32 Å². The summed E-state index contributed by atoms with van der Waals surface area (Å²) in [7, 11) is 1.88. The molecule has 122 valence electrons. The average Bonchev–Trinajstić information content (AvgIpc) is 3.21. The smallest absolute Gasteiger partial charge is 0.273 e. The molecule has 1 aliphatic rings. The van der Waals surface area contributed by atoms with Gasteiger partial charge in [0.2, 0.25) is 0 Å². The molecule has 1 saturated carbocycles. The van der Waals surface area contributed by atoms with Crippen molar-refractivity contribution in [3.63, 3.8) is 0 Å². The Morgan fingerprint density at radius 2 is 2.12 bits per heavy atom. The van der Waals surface area contributed by atoms with Crippen molar-refractivity contribution in [2.24, 2.45) is 7.05 Å². The Bertz CT molecular complexity index is 864. The van der Waals surface area contributed by atoms with Gasteiger partial charge in [-0.05, 0) is 31.0 Å². The second-order valence-corrected chi connectivity index (χ2v) is 5.95. The van der Waals surface area contributed by atoms with E-state index in [9.17, 15) is 4.79 Å². The summed E-state index contributed by atoms with van der Waals surface area (Å²) in [5.74, 6) is 0.998. The van der Waals surface area contributed by atoms with E-state index in [-0.39, 0.29) is 5.91 Å². The van der Waals surface area contributed by atoms with Crippen LogP contribution in [0.1, 0.15) is 40.7 Å². The van der Waals surface area contributed by atoms with Crippen molar-refractivity contribution in [2.75, 3.05) is 0 Å². The zero-order valence-corrected chi connectivity index (χ0v) is 13.3. The first-order chi connectivity index (χ1) is 11.7. The highest BCUT2D eigenvalue weighted by molar-refractivity contribution is 5.92. The minimum absolute atomic E-state index is 0.248. The minimum atomic E-state index is -0.248. The largest absolute Gasteiger partial charge is 0.360 e. The molecule has 3 heterocycles. The zero-order valence-electron chi connectivity index (χ0n) is 13.3. The summed E-state index contributed by atoms with van der Waals surface area (Å²) < 4.78 is 7.00. The van der Waals surface area contributed by atoms with Crippen LogP contribution in [-0.2, 0) is 13.6 Å². The predicted molar refractivity (Wildman–Crippen MR) is 86.1 cm³/mol. The number of hydrogen-bond donors (Lipinski definition) is 1. The van der Waals surface area contributed by atoms with Crippen molar-refractivity contribution in [3.8, 4) is 11.3 Å². The standard InChI is InChI=1S/C17H17N5O2/c1-22-15(11-4-6-18-7-5-11)8-13(20-22)10-19-17(23)14-9-16(24-21-14)12-2-3-12/h4-9,12H,2-3,10H2,1H3,(H,19,23). The minimum Gasteiger partial charge on any atom is -0.360 e. The summed E-state index contributed by atoms with van der Waals surface area (Å²) in [6, 6.07) is 7.53. The van der Waals surface area contributed by atoms with Gasteiger partial charge in [-0.15, -0.1) is 0 Å². The van der Waals surface area contributed by atoms with Gasteiger partial charge in [0.15, 0.2) is 5.69 Å². The first-order valence-electron chi connectivity index (χ1n) is 7.89. The molecular formula is C17H17N5O2. The van der Waals surface area contributed by atoms with Crippen molar-refractivity contribution in [3.05, 3.63) is 53.8 Å². The summed E-state index contributed by atoms with van der Waals surface area (Å²) in [5, 5.41) is 11.1. The Hall–Kier alpha value is -2.96. The maximum absolute atomic E-state index is 12.2. The van der Waals surface area contributed by atoms with E-state index in [1.165, 1.54) is 0 Å². The molecule has 4 rings (SSSR count). The number of nitrogens with zero attached hydrogens (tertiary/aromatic N) is 4. The highest BCUT2D eigenvalue weighted by Gasteiger charge is 2.28. The predicted octanol–water partition coefficient (Wildman–Crippen LogP) is 2.28. The molecule has 7 nitrogen and oxygen atoms in total. The number of aromatic nitrogens is 4. The molecule has 1 aliphatic carbocycles. The van der Waals surface area contributed by atoms with Crippen LogP contribution in [-0.4, -0.2) is 25.8 Å². The fourth-order valence-electron chi connectivity index (χ4n) is 2.62. The van der Waals surface area contributed by atoms with E-state index in [2.05, 4.69) is 20.6 Å². The average molecular weight is 323 g/mol. The third kappa shape index (κ3) is 2.92. The lowest BCUT2D eigenvalue weighted by molar-refractivity contribution is 0.0941. The number of nitrogens with one attached hydrogen (secondary N) is 1. The maximum Gasteiger partial charge on any atom is 0.273 e. The lowest BCUT2D eigenvalue weighted by Crippen LogP contribution is -2.23. The molecule has 0 aliphatic heterocycles. The molecule has 0 atom stereocenters. The highest BCUT2D eigenvalue weighted by atomic mass is 16.5. The quantitative estimate of drug-likeness (QED) is 0.778. The first-order valence-corrected chi connectivity index (χ1v) is 7.89. The van der Waals surface area contributed by atoms with Crippen LogP contribution in [0.5, 0.6) is 0 Å². The van der Waals surface area contributed by atoms with Gasteiger partial charge in [-0.25, -0.2) is 0 Å². The summed E-state index contributed by atoms with van der Waals surface area (Å²) in [4.78, 5) is 16.2. The number of amides is 1. The molecule has 24 heavy (non-hydrogen) atoms. The molecule has 0 radical (unpaired) electrons. The Kier molecular flexibility index (Phi) is 3.60. The van der Waals surface area contributed by atoms with Crippen molar-refractivity contribution in [1.82, 2.24) is 25.2 Å². The van der Waals surface area contributed by atoms with Gasteiger partial charge >= 0.3 is 0 Å². The second-order valence-electron chi connectivity index (χ2n) is 5.95. The Balaban J connectivity index is 1.43. The Labute approximate surface area is 138 Å². The molecule has 0 bridgehead atoms. The second kappa shape index (κ2) is 5.92. The van der Waals surface area contributed by atoms with Crippen LogP contribution in [0, 0.1) is 0 Å². The van der Waals surface area contributed by atoms with Crippen LogP contribution in [0.25, 0.3) is 11.3 Å². The lowest BCUT2D eigenvalue weighted by atomic mass is 10.2. The summed E-state index contributed by atoms with van der Waals surface area (Å²) in [5.41, 5.74) is 3.10. The topological polar surface area (TPSA) is 85.8 Å². The van der Waals surface area contributed by atoms with Crippen LogP contribution in [0.2, 0.25) is 0 Å². The number of carbonyl (C=O) groups excluding carboxylic acids is 1. The Morgan fingerprint density at radius 3 is 2.88 bits per heavy atom. The molecule has 0 unspecified atom stereocenters. The molecule has 1 amide bonds. The maximum atomic E-state index is 12.2. The Morgan fingerprint density at radius 1 is 1.33 bits per heavy atom. The van der Waals surface area contributed by atoms with Crippen LogP contribution in [0.3, 0.4) is 0 Å². The van der Waals surface area contributed by atoms with E-state index in [1.807, 2.05) is 25.2 Å². The van der Waals surface area contributed by atoms with Gasteiger partial charge < -0.3 is 9.84 Å². The number of hydrogen-bond acceptors (Lipinski definition) is 5. The molecule has 1 fully saturated rings. The number of pyridine rings is 1. The van der Waals surface area contributed by atoms with Crippen molar-refractivity contribution >= 4 is 5.91 Å². The van der Waals surface area contributed by atoms with Crippen LogP contribution in [0.15, 0.2) is 41.2 Å². The van der Waals surface area contributed by atoms with Gasteiger partial charge in [-0.1, -0.05) is 5.16 Å². The third-order valence-electron chi connectivity index (χ3n) is 4.08. The van der Waals surface area contributed by atoms with Gasteiger partial charge in [0.05, 0.1) is 17.9 Å². The summed E-state index contributed by atoms with van der Waals surface area (Å²) in [6.45, 7) is 0.337. The number of rotatable bonds is 5. The molecule has 0 spiro atoms. The highest BCUT2D eigenvalue weighted by Crippen LogP contribution is 2.40. The number of aryl methyl sites for hydroxylation is 1. The molecule has 3 aromatic rings. The van der Waals surface area contributed by atoms with E-state index in [1.54, 1.807) is 23.1 Å². The van der Waals surface area contributed by atoms with Crippen LogP contribution >= 0.6 is 0 Å². The van der Waals surface area contributed by atoms with Gasteiger partial charge in [-0.3, -0.25) is 14.5 Å². The van der Waals surface area contributed by atoms with Crippen molar-refractivity contribution in [1.29, 1.82) is 0 Å². The summed E-state index contributed by atoms with van der Waals surface area (Å²) in [6.07, 6.45) is 5.71. The normalized spacial score (nSPS) is 13.9. The van der Waals surface area contributed by atoms with Gasteiger partial charge in [-0.2, -0.15) is 5.10 Å². The van der Waals surface area contributed by atoms with Gasteiger partial charge in [0.1, 0.15) is 5.76 Å². The van der Waals surface area contributed by atoms with E-state index in [0.29, 0.717) is 18.2 Å². The van der Waals surface area contributed by atoms with Gasteiger partial charge in [0, 0.05) is 37.0 Å². The lowest BCUT2D eigenvalue weighted by Gasteiger charge is -1.99. The van der Waals surface area contributed by atoms with Crippen molar-refractivity contribution in [2.45, 2.75) is 25.3 Å². The molecule has 3 aromatic heterocycles. The first kappa shape index (κ1) is 14.6. The fraction of sp³-hybridized carbons (Fsp3) is 0.294. The molecule has 0 saturated heterocycles. The van der Waals surface area contributed by atoms with Crippen LogP contribution in [0.4, 0.5) is 0 Å². The van der Waals surface area contributed by atoms with Crippen LogP contribution < -0.4 is 5.32 Å². The zero-order chi connectivity index (χ0) is 16.5. The molecule has 1 N–H and O–H groups in total. The van der Waals surface area contributed by atoms with Gasteiger partial charge in [0.25, 0.3) is 5.91 Å². The summed E-state index contributed by atoms with van der Waals surface area (Å²) >= 11 is 0. The monoisotopic (exact) mass is 323 g/mol. The SMILES string of the molecule is Cn1nc(CNC(=O)c2cc(C3CC3)on2)cc1-c1ccncc1. The van der Waals surface area contributed by atoms with E-state index < -0.39 is 0 Å². The molecule has 0 aromatic carbocycles. The third-order valence-corrected chi connectivity index (χ3v) is 4.08. The fourth-order valence-corrected chi connectivity index (χ4v) is 2.62. The molecule has 7 heteroatoms. The van der Waals surface area contributed by atoms with E-state index in [4.69, 9.17) is 4.52 Å². The number of carbonyl (C=O) groups is 1. The van der Waals surface area contributed by atoms with E-state index in [0.717, 1.165) is 35.6 Å². The molecular weight excluding hydrogens is 306 g/mol. The van der Waals surface area contributed by atoms with E-state index >= 15 is 0 Å².